The Bertz CT molecular complexity index is 481. The molecular formula is C16H23ClN2O. The highest BCUT2D eigenvalue weighted by Gasteiger charge is 2.39. The third kappa shape index (κ3) is 3.33. The van der Waals surface area contributed by atoms with Gasteiger partial charge >= 0.3 is 0 Å². The van der Waals surface area contributed by atoms with Crippen LogP contribution in [0.5, 0.6) is 0 Å². The zero-order valence-electron chi connectivity index (χ0n) is 12.4. The standard InChI is InChI=1S/C16H23ClN2O/c1-12(2)19(11-13-6-4-7-14(17)10-13)15(20)16(3)8-5-9-18-16/h4,6-7,10,12,18H,5,8-9,11H2,1-3H3. The van der Waals surface area contributed by atoms with Gasteiger partial charge in [0.2, 0.25) is 5.91 Å². The van der Waals surface area contributed by atoms with E-state index in [0.717, 1.165) is 24.9 Å². The van der Waals surface area contributed by atoms with Crippen molar-refractivity contribution in [3.63, 3.8) is 0 Å². The molecule has 20 heavy (non-hydrogen) atoms. The maximum absolute atomic E-state index is 12.8. The molecule has 1 atom stereocenters. The highest BCUT2D eigenvalue weighted by atomic mass is 35.5. The summed E-state index contributed by atoms with van der Waals surface area (Å²) in [4.78, 5) is 14.8. The van der Waals surface area contributed by atoms with Gasteiger partial charge < -0.3 is 10.2 Å². The summed E-state index contributed by atoms with van der Waals surface area (Å²) in [6.45, 7) is 7.65. The van der Waals surface area contributed by atoms with Gasteiger partial charge in [0, 0.05) is 17.6 Å². The summed E-state index contributed by atoms with van der Waals surface area (Å²) in [6, 6.07) is 7.89. The zero-order valence-corrected chi connectivity index (χ0v) is 13.2. The first-order valence-corrected chi connectivity index (χ1v) is 7.61. The van der Waals surface area contributed by atoms with Gasteiger partial charge in [0.15, 0.2) is 0 Å². The second-order valence-corrected chi connectivity index (χ2v) is 6.46. The monoisotopic (exact) mass is 294 g/mol. The fourth-order valence-corrected chi connectivity index (χ4v) is 2.93. The molecule has 1 heterocycles. The Morgan fingerprint density at radius 1 is 1.50 bits per heavy atom. The maximum atomic E-state index is 12.8. The van der Waals surface area contributed by atoms with Gasteiger partial charge in [0.25, 0.3) is 0 Å². The van der Waals surface area contributed by atoms with Gasteiger partial charge in [0.1, 0.15) is 0 Å². The van der Waals surface area contributed by atoms with E-state index in [2.05, 4.69) is 19.2 Å². The van der Waals surface area contributed by atoms with Gasteiger partial charge in [0.05, 0.1) is 5.54 Å². The Hall–Kier alpha value is -1.06. The highest BCUT2D eigenvalue weighted by Crippen LogP contribution is 2.24. The molecule has 2 rings (SSSR count). The second kappa shape index (κ2) is 6.15. The molecule has 1 unspecified atom stereocenters. The van der Waals surface area contributed by atoms with Gasteiger partial charge in [-0.1, -0.05) is 23.7 Å². The molecule has 0 aromatic heterocycles. The minimum atomic E-state index is -0.414. The number of hydrogen-bond acceptors (Lipinski definition) is 2. The molecule has 1 aromatic rings. The first kappa shape index (κ1) is 15.3. The van der Waals surface area contributed by atoms with Crippen LogP contribution in [0.15, 0.2) is 24.3 Å². The Morgan fingerprint density at radius 3 is 2.80 bits per heavy atom. The topological polar surface area (TPSA) is 32.3 Å². The minimum Gasteiger partial charge on any atom is -0.334 e. The first-order chi connectivity index (χ1) is 9.42. The van der Waals surface area contributed by atoms with Crippen LogP contribution in [0.1, 0.15) is 39.2 Å². The van der Waals surface area contributed by atoms with Crippen molar-refractivity contribution in [2.45, 2.75) is 51.7 Å². The van der Waals surface area contributed by atoms with E-state index in [4.69, 9.17) is 11.6 Å². The molecule has 1 N–H and O–H groups in total. The van der Waals surface area contributed by atoms with E-state index in [1.54, 1.807) is 0 Å². The van der Waals surface area contributed by atoms with Crippen molar-refractivity contribution >= 4 is 17.5 Å². The molecule has 1 saturated heterocycles. The molecule has 1 aliphatic heterocycles. The number of nitrogens with one attached hydrogen (secondary N) is 1. The number of rotatable bonds is 4. The summed E-state index contributed by atoms with van der Waals surface area (Å²) in [6.07, 6.45) is 1.97. The van der Waals surface area contributed by atoms with Crippen molar-refractivity contribution in [1.29, 1.82) is 0 Å². The SMILES string of the molecule is CC(C)N(Cc1cccc(Cl)c1)C(=O)C1(C)CCCN1. The first-order valence-electron chi connectivity index (χ1n) is 7.23. The predicted octanol–water partition coefficient (Wildman–Crippen LogP) is 3.22. The minimum absolute atomic E-state index is 0.167. The van der Waals surface area contributed by atoms with Crippen LogP contribution in [-0.4, -0.2) is 28.9 Å². The number of nitrogens with zero attached hydrogens (tertiary/aromatic N) is 1. The van der Waals surface area contributed by atoms with Crippen molar-refractivity contribution in [1.82, 2.24) is 10.2 Å². The van der Waals surface area contributed by atoms with Crippen LogP contribution in [0, 0.1) is 0 Å². The Labute approximate surface area is 126 Å². The molecule has 4 heteroatoms. The third-order valence-corrected chi connectivity index (χ3v) is 4.20. The zero-order chi connectivity index (χ0) is 14.8. The van der Waals surface area contributed by atoms with Gasteiger partial charge in [-0.3, -0.25) is 4.79 Å². The molecule has 1 aromatic carbocycles. The fourth-order valence-electron chi connectivity index (χ4n) is 2.72. The van der Waals surface area contributed by atoms with Crippen LogP contribution in [0.2, 0.25) is 5.02 Å². The quantitative estimate of drug-likeness (QED) is 0.925. The molecule has 1 fully saturated rings. The molecule has 1 amide bonds. The summed E-state index contributed by atoms with van der Waals surface area (Å²) in [7, 11) is 0. The van der Waals surface area contributed by atoms with Crippen LogP contribution in [-0.2, 0) is 11.3 Å². The van der Waals surface area contributed by atoms with Crippen molar-refractivity contribution < 1.29 is 4.79 Å². The van der Waals surface area contributed by atoms with Crippen molar-refractivity contribution in [3.8, 4) is 0 Å². The van der Waals surface area contributed by atoms with Crippen molar-refractivity contribution in [3.05, 3.63) is 34.9 Å². The lowest BCUT2D eigenvalue weighted by molar-refractivity contribution is -0.139. The number of benzene rings is 1. The highest BCUT2D eigenvalue weighted by molar-refractivity contribution is 6.30. The Kier molecular flexibility index (Phi) is 4.71. The van der Waals surface area contributed by atoms with E-state index in [0.29, 0.717) is 11.6 Å². The van der Waals surface area contributed by atoms with Crippen LogP contribution in [0.25, 0.3) is 0 Å². The van der Waals surface area contributed by atoms with Gasteiger partial charge in [-0.25, -0.2) is 0 Å². The smallest absolute Gasteiger partial charge is 0.243 e. The van der Waals surface area contributed by atoms with E-state index < -0.39 is 5.54 Å². The summed E-state index contributed by atoms with van der Waals surface area (Å²) in [5, 5.41) is 4.06. The summed E-state index contributed by atoms with van der Waals surface area (Å²) >= 11 is 6.03. The fraction of sp³-hybridized carbons (Fsp3) is 0.562. The molecule has 110 valence electrons. The molecule has 0 spiro atoms. The largest absolute Gasteiger partial charge is 0.334 e. The number of amides is 1. The number of carbonyl (C=O) groups is 1. The second-order valence-electron chi connectivity index (χ2n) is 6.02. The van der Waals surface area contributed by atoms with E-state index in [-0.39, 0.29) is 11.9 Å². The lowest BCUT2D eigenvalue weighted by Gasteiger charge is -2.34. The predicted molar refractivity (Wildman–Crippen MR) is 82.8 cm³/mol. The average molecular weight is 295 g/mol. The van der Waals surface area contributed by atoms with Gasteiger partial charge in [-0.05, 0) is 57.9 Å². The average Bonchev–Trinajstić information content (AvgIpc) is 2.83. The normalized spacial score (nSPS) is 22.2. The molecule has 1 aliphatic rings. The molecule has 0 bridgehead atoms. The molecule has 0 saturated carbocycles. The van der Waals surface area contributed by atoms with E-state index in [1.165, 1.54) is 0 Å². The van der Waals surface area contributed by atoms with Crippen LogP contribution in [0.4, 0.5) is 0 Å². The molecule has 3 nitrogen and oxygen atoms in total. The Morgan fingerprint density at radius 2 is 2.25 bits per heavy atom. The lowest BCUT2D eigenvalue weighted by Crippen LogP contribution is -2.54. The van der Waals surface area contributed by atoms with E-state index >= 15 is 0 Å². The van der Waals surface area contributed by atoms with Crippen molar-refractivity contribution in [2.24, 2.45) is 0 Å². The lowest BCUT2D eigenvalue weighted by atomic mass is 9.97. The van der Waals surface area contributed by atoms with Gasteiger partial charge in [-0.15, -0.1) is 0 Å². The number of hydrogen-bond donors (Lipinski definition) is 1. The third-order valence-electron chi connectivity index (χ3n) is 3.97. The maximum Gasteiger partial charge on any atom is 0.243 e. The number of halogens is 1. The molecule has 0 radical (unpaired) electrons. The van der Waals surface area contributed by atoms with Crippen LogP contribution in [0.3, 0.4) is 0 Å². The Balaban J connectivity index is 2.17. The summed E-state index contributed by atoms with van der Waals surface area (Å²) in [5.41, 5.74) is 0.657. The summed E-state index contributed by atoms with van der Waals surface area (Å²) < 4.78 is 0. The van der Waals surface area contributed by atoms with Gasteiger partial charge in [-0.2, -0.15) is 0 Å². The molecule has 0 aliphatic carbocycles. The summed E-state index contributed by atoms with van der Waals surface area (Å²) in [5.74, 6) is 0.185. The van der Waals surface area contributed by atoms with Crippen LogP contribution < -0.4 is 5.32 Å². The number of carbonyl (C=O) groups excluding carboxylic acids is 1. The molecular weight excluding hydrogens is 272 g/mol. The van der Waals surface area contributed by atoms with Crippen LogP contribution >= 0.6 is 11.6 Å². The van der Waals surface area contributed by atoms with Crippen molar-refractivity contribution in [2.75, 3.05) is 6.54 Å². The van der Waals surface area contributed by atoms with E-state index in [1.807, 2.05) is 36.1 Å². The van der Waals surface area contributed by atoms with E-state index in [9.17, 15) is 4.79 Å².